The summed E-state index contributed by atoms with van der Waals surface area (Å²) >= 11 is 0. The first-order chi connectivity index (χ1) is 14.0. The van der Waals surface area contributed by atoms with E-state index < -0.39 is 0 Å². The van der Waals surface area contributed by atoms with Crippen molar-refractivity contribution in [3.63, 3.8) is 0 Å². The third-order valence-electron chi connectivity index (χ3n) is 4.56. The van der Waals surface area contributed by atoms with Gasteiger partial charge >= 0.3 is 0 Å². The number of rotatable bonds is 6. The molecule has 0 saturated carbocycles. The molecule has 0 fully saturated rings. The number of hydrogen-bond donors (Lipinski definition) is 1. The molecule has 0 radical (unpaired) electrons. The highest BCUT2D eigenvalue weighted by Crippen LogP contribution is 2.35. The fourth-order valence-corrected chi connectivity index (χ4v) is 2.99. The molecule has 4 aromatic rings. The molecule has 0 aliphatic carbocycles. The Bertz CT molecular complexity index is 1180. The average molecular weight is 393 g/mol. The molecule has 0 bridgehead atoms. The molecule has 29 heavy (non-hydrogen) atoms. The monoisotopic (exact) mass is 393 g/mol. The molecule has 3 heterocycles. The third-order valence-corrected chi connectivity index (χ3v) is 4.56. The van der Waals surface area contributed by atoms with Crippen LogP contribution >= 0.6 is 0 Å². The summed E-state index contributed by atoms with van der Waals surface area (Å²) in [6.45, 7) is 4.30. The molecule has 7 nitrogen and oxygen atoms in total. The van der Waals surface area contributed by atoms with Crippen LogP contribution in [0, 0.1) is 19.7 Å². The molecule has 8 heteroatoms. The van der Waals surface area contributed by atoms with Crippen LogP contribution in [0.25, 0.3) is 22.5 Å². The van der Waals surface area contributed by atoms with Gasteiger partial charge in [0, 0.05) is 36.5 Å². The van der Waals surface area contributed by atoms with Crippen molar-refractivity contribution < 1.29 is 13.7 Å². The molecule has 4 rings (SSSR count). The minimum Gasteiger partial charge on any atom is -0.384 e. The van der Waals surface area contributed by atoms with E-state index in [0.717, 1.165) is 16.6 Å². The SMILES string of the molecule is COCCc1noc(-c2cnc3nc(C)ccc3c2Nc2cc(F)ccc2C)n1. The largest absolute Gasteiger partial charge is 0.384 e. The highest BCUT2D eigenvalue weighted by Gasteiger charge is 2.18. The van der Waals surface area contributed by atoms with Crippen LogP contribution in [0.1, 0.15) is 17.1 Å². The number of nitrogens with one attached hydrogen (secondary N) is 1. The number of ether oxygens (including phenoxy) is 1. The van der Waals surface area contributed by atoms with Crippen molar-refractivity contribution in [3.8, 4) is 11.5 Å². The lowest BCUT2D eigenvalue weighted by Gasteiger charge is -2.14. The number of pyridine rings is 2. The fourth-order valence-electron chi connectivity index (χ4n) is 2.99. The Morgan fingerprint density at radius 1 is 1.14 bits per heavy atom. The van der Waals surface area contributed by atoms with Gasteiger partial charge in [-0.05, 0) is 43.7 Å². The predicted molar refractivity (Wildman–Crippen MR) is 108 cm³/mol. The molecule has 3 aromatic heterocycles. The Morgan fingerprint density at radius 2 is 2.00 bits per heavy atom. The van der Waals surface area contributed by atoms with Crippen molar-refractivity contribution in [3.05, 3.63) is 59.4 Å². The first kappa shape index (κ1) is 18.9. The first-order valence-electron chi connectivity index (χ1n) is 9.16. The molecular formula is C21H20FN5O2. The number of aromatic nitrogens is 4. The Hall–Kier alpha value is -3.39. The van der Waals surface area contributed by atoms with Crippen LogP contribution in [-0.2, 0) is 11.2 Å². The van der Waals surface area contributed by atoms with Crippen LogP contribution in [0.5, 0.6) is 0 Å². The van der Waals surface area contributed by atoms with E-state index in [1.165, 1.54) is 12.1 Å². The van der Waals surface area contributed by atoms with Crippen LogP contribution in [0.2, 0.25) is 0 Å². The minimum absolute atomic E-state index is 0.322. The molecule has 0 spiro atoms. The summed E-state index contributed by atoms with van der Waals surface area (Å²) in [5.74, 6) is 0.533. The van der Waals surface area contributed by atoms with E-state index in [1.807, 2.05) is 26.0 Å². The van der Waals surface area contributed by atoms with Crippen molar-refractivity contribution in [2.75, 3.05) is 19.0 Å². The summed E-state index contributed by atoms with van der Waals surface area (Å²) in [5.41, 5.74) is 4.25. The maximum Gasteiger partial charge on any atom is 0.261 e. The van der Waals surface area contributed by atoms with Gasteiger partial charge in [-0.1, -0.05) is 11.2 Å². The molecule has 0 aliphatic heterocycles. The normalized spacial score (nSPS) is 11.2. The highest BCUT2D eigenvalue weighted by atomic mass is 19.1. The summed E-state index contributed by atoms with van der Waals surface area (Å²) in [5, 5.41) is 8.10. The maximum absolute atomic E-state index is 13.8. The second-order valence-electron chi connectivity index (χ2n) is 6.71. The number of methoxy groups -OCH3 is 1. The lowest BCUT2D eigenvalue weighted by Crippen LogP contribution is -2.00. The first-order valence-corrected chi connectivity index (χ1v) is 9.16. The molecule has 0 atom stereocenters. The number of hydrogen-bond acceptors (Lipinski definition) is 7. The van der Waals surface area contributed by atoms with Crippen molar-refractivity contribution in [1.29, 1.82) is 0 Å². The molecule has 0 saturated heterocycles. The van der Waals surface area contributed by atoms with Crippen molar-refractivity contribution >= 4 is 22.4 Å². The molecule has 0 unspecified atom stereocenters. The molecule has 148 valence electrons. The standard InChI is InChI=1S/C21H20FN5O2/c1-12-4-6-14(22)10-17(12)25-19-15-7-5-13(2)24-20(15)23-11-16(19)21-26-18(27-29-21)8-9-28-3/h4-7,10-11H,8-9H2,1-3H3,(H,23,24,25). The zero-order valence-corrected chi connectivity index (χ0v) is 16.4. The second kappa shape index (κ2) is 7.92. The Morgan fingerprint density at radius 3 is 2.83 bits per heavy atom. The van der Waals surface area contributed by atoms with E-state index in [2.05, 4.69) is 25.4 Å². The fraction of sp³-hybridized carbons (Fsp3) is 0.238. The summed E-state index contributed by atoms with van der Waals surface area (Å²) in [6, 6.07) is 8.42. The van der Waals surface area contributed by atoms with Crippen molar-refractivity contribution in [1.82, 2.24) is 20.1 Å². The number of nitrogens with zero attached hydrogens (tertiary/aromatic N) is 4. The van der Waals surface area contributed by atoms with E-state index in [1.54, 1.807) is 19.4 Å². The third kappa shape index (κ3) is 3.93. The van der Waals surface area contributed by atoms with Crippen LogP contribution < -0.4 is 5.32 Å². The van der Waals surface area contributed by atoms with Crippen molar-refractivity contribution in [2.45, 2.75) is 20.3 Å². The molecule has 0 amide bonds. The Balaban J connectivity index is 1.85. The van der Waals surface area contributed by atoms with Gasteiger partial charge in [-0.25, -0.2) is 14.4 Å². The van der Waals surface area contributed by atoms with Gasteiger partial charge in [0.2, 0.25) is 0 Å². The molecule has 1 aromatic carbocycles. The van der Waals surface area contributed by atoms with E-state index in [9.17, 15) is 4.39 Å². The number of halogens is 1. The Labute approximate surface area is 167 Å². The van der Waals surface area contributed by atoms with Gasteiger partial charge in [0.1, 0.15) is 5.82 Å². The van der Waals surface area contributed by atoms with E-state index in [-0.39, 0.29) is 5.82 Å². The summed E-state index contributed by atoms with van der Waals surface area (Å²) in [4.78, 5) is 13.4. The van der Waals surface area contributed by atoms with Crippen LogP contribution in [0.3, 0.4) is 0 Å². The lowest BCUT2D eigenvalue weighted by molar-refractivity contribution is 0.199. The molecule has 1 N–H and O–H groups in total. The van der Waals surface area contributed by atoms with Gasteiger partial charge in [-0.3, -0.25) is 0 Å². The quantitative estimate of drug-likeness (QED) is 0.521. The molecular weight excluding hydrogens is 373 g/mol. The Kier molecular flexibility index (Phi) is 5.18. The minimum atomic E-state index is -0.327. The van der Waals surface area contributed by atoms with Gasteiger partial charge < -0.3 is 14.6 Å². The number of benzene rings is 1. The molecule has 0 aliphatic rings. The maximum atomic E-state index is 13.8. The van der Waals surface area contributed by atoms with E-state index in [0.29, 0.717) is 47.3 Å². The zero-order valence-electron chi connectivity index (χ0n) is 16.4. The number of anilines is 2. The van der Waals surface area contributed by atoms with Gasteiger partial charge in [-0.15, -0.1) is 0 Å². The van der Waals surface area contributed by atoms with Gasteiger partial charge in [0.15, 0.2) is 11.5 Å². The lowest BCUT2D eigenvalue weighted by atomic mass is 10.1. The van der Waals surface area contributed by atoms with Gasteiger partial charge in [-0.2, -0.15) is 4.98 Å². The zero-order chi connectivity index (χ0) is 20.4. The summed E-state index contributed by atoms with van der Waals surface area (Å²) < 4.78 is 24.4. The van der Waals surface area contributed by atoms with Crippen molar-refractivity contribution in [2.24, 2.45) is 0 Å². The van der Waals surface area contributed by atoms with Crippen LogP contribution in [0.15, 0.2) is 41.1 Å². The topological polar surface area (TPSA) is 86.0 Å². The summed E-state index contributed by atoms with van der Waals surface area (Å²) in [6.07, 6.45) is 2.17. The number of fused-ring (bicyclic) bond motifs is 1. The van der Waals surface area contributed by atoms with Crippen LogP contribution in [0.4, 0.5) is 15.8 Å². The van der Waals surface area contributed by atoms with Crippen LogP contribution in [-0.4, -0.2) is 33.8 Å². The van der Waals surface area contributed by atoms with Gasteiger partial charge in [0.05, 0.1) is 17.9 Å². The second-order valence-corrected chi connectivity index (χ2v) is 6.71. The van der Waals surface area contributed by atoms with Gasteiger partial charge in [0.25, 0.3) is 5.89 Å². The summed E-state index contributed by atoms with van der Waals surface area (Å²) in [7, 11) is 1.62. The number of aryl methyl sites for hydroxylation is 2. The van der Waals surface area contributed by atoms with E-state index in [4.69, 9.17) is 9.26 Å². The van der Waals surface area contributed by atoms with E-state index >= 15 is 0 Å². The highest BCUT2D eigenvalue weighted by molar-refractivity contribution is 5.98. The predicted octanol–water partition coefficient (Wildman–Crippen LogP) is 4.37. The smallest absolute Gasteiger partial charge is 0.261 e. The average Bonchev–Trinajstić information content (AvgIpc) is 3.17.